The van der Waals surface area contributed by atoms with Crippen LogP contribution in [0.2, 0.25) is 0 Å². The van der Waals surface area contributed by atoms with Crippen molar-refractivity contribution < 1.29 is 34.1 Å². The predicted octanol–water partition coefficient (Wildman–Crippen LogP) is 3.06. The van der Waals surface area contributed by atoms with Gasteiger partial charge in [0.15, 0.2) is 0 Å². The molecular formula is C21H32O7. The summed E-state index contributed by atoms with van der Waals surface area (Å²) in [5, 5.41) is 17.8. The van der Waals surface area contributed by atoms with E-state index in [1.165, 1.54) is 0 Å². The highest BCUT2D eigenvalue weighted by molar-refractivity contribution is 5.82. The van der Waals surface area contributed by atoms with Gasteiger partial charge in [-0.3, -0.25) is 9.59 Å². The van der Waals surface area contributed by atoms with Crippen LogP contribution in [0.25, 0.3) is 0 Å². The van der Waals surface area contributed by atoms with Crippen LogP contribution in [0, 0.1) is 23.7 Å². The molecule has 2 saturated carbocycles. The third-order valence-electron chi connectivity index (χ3n) is 6.08. The van der Waals surface area contributed by atoms with Crippen LogP contribution in [0.5, 0.6) is 0 Å². The van der Waals surface area contributed by atoms with E-state index < -0.39 is 11.9 Å². The molecule has 2 N–H and O–H groups in total. The van der Waals surface area contributed by atoms with Crippen LogP contribution in [0.3, 0.4) is 0 Å². The molecule has 0 heterocycles. The van der Waals surface area contributed by atoms with Crippen LogP contribution < -0.4 is 0 Å². The molecule has 2 aliphatic rings. The van der Waals surface area contributed by atoms with Gasteiger partial charge in [-0.15, -0.1) is 0 Å². The fraction of sp³-hybridized carbons (Fsp3) is 0.762. The lowest BCUT2D eigenvalue weighted by atomic mass is 9.69. The van der Waals surface area contributed by atoms with Crippen LogP contribution >= 0.6 is 0 Å². The molecule has 0 bridgehead atoms. The van der Waals surface area contributed by atoms with Gasteiger partial charge in [-0.05, 0) is 76.0 Å². The van der Waals surface area contributed by atoms with E-state index in [2.05, 4.69) is 0 Å². The molecule has 2 rings (SSSR count). The van der Waals surface area contributed by atoms with Crippen LogP contribution in [-0.2, 0) is 23.9 Å². The van der Waals surface area contributed by atoms with Gasteiger partial charge in [0.1, 0.15) is 6.26 Å². The summed E-state index contributed by atoms with van der Waals surface area (Å²) < 4.78 is 9.99. The fourth-order valence-corrected chi connectivity index (χ4v) is 4.35. The predicted molar refractivity (Wildman–Crippen MR) is 101 cm³/mol. The van der Waals surface area contributed by atoms with E-state index in [4.69, 9.17) is 19.7 Å². The number of carbonyl (C=O) groups is 3. The van der Waals surface area contributed by atoms with Gasteiger partial charge in [0.05, 0.1) is 24.5 Å². The lowest BCUT2D eigenvalue weighted by Gasteiger charge is -2.36. The van der Waals surface area contributed by atoms with Crippen molar-refractivity contribution in [1.29, 1.82) is 0 Å². The first-order valence-corrected chi connectivity index (χ1v) is 10.4. The Morgan fingerprint density at radius 3 is 1.96 bits per heavy atom. The Bertz CT molecular complexity index is 541. The number of carboxylic acids is 1. The molecule has 0 spiro atoms. The van der Waals surface area contributed by atoms with E-state index in [0.717, 1.165) is 63.7 Å². The first-order valence-electron chi connectivity index (χ1n) is 10.4. The van der Waals surface area contributed by atoms with Crippen molar-refractivity contribution in [3.8, 4) is 0 Å². The van der Waals surface area contributed by atoms with Crippen molar-refractivity contribution in [2.24, 2.45) is 23.7 Å². The first kappa shape index (κ1) is 22.4. The number of hydrogen-bond acceptors (Lipinski definition) is 6. The number of unbranched alkanes of at least 4 members (excludes halogenated alkanes) is 1. The molecule has 2 aliphatic carbocycles. The fourth-order valence-electron chi connectivity index (χ4n) is 4.35. The van der Waals surface area contributed by atoms with Crippen molar-refractivity contribution in [2.45, 2.75) is 64.2 Å². The van der Waals surface area contributed by atoms with Gasteiger partial charge < -0.3 is 19.7 Å². The minimum atomic E-state index is -0.674. The quantitative estimate of drug-likeness (QED) is 0.267. The maximum atomic E-state index is 12.2. The third kappa shape index (κ3) is 7.26. The number of carboxylic acid groups (broad SMARTS) is 1. The Kier molecular flexibility index (Phi) is 9.47. The highest BCUT2D eigenvalue weighted by atomic mass is 16.5. The number of rotatable bonds is 9. The van der Waals surface area contributed by atoms with Gasteiger partial charge >= 0.3 is 17.9 Å². The Labute approximate surface area is 166 Å². The van der Waals surface area contributed by atoms with Crippen molar-refractivity contribution >= 4 is 17.9 Å². The Balaban J connectivity index is 1.63. The van der Waals surface area contributed by atoms with Crippen LogP contribution in [0.1, 0.15) is 64.2 Å². The number of hydrogen-bond donors (Lipinski definition) is 2. The second-order valence-electron chi connectivity index (χ2n) is 7.90. The topological polar surface area (TPSA) is 110 Å². The van der Waals surface area contributed by atoms with Crippen LogP contribution in [-0.4, -0.2) is 41.3 Å². The minimum absolute atomic E-state index is 0.0663. The zero-order chi connectivity index (χ0) is 20.4. The zero-order valence-electron chi connectivity index (χ0n) is 16.4. The molecule has 7 nitrogen and oxygen atoms in total. The second kappa shape index (κ2) is 11.8. The lowest BCUT2D eigenvalue weighted by molar-refractivity contribution is -0.145. The maximum absolute atomic E-state index is 12.2. The normalized spacial score (nSPS) is 28.0. The molecule has 0 radical (unpaired) electrons. The molecule has 0 amide bonds. The van der Waals surface area contributed by atoms with E-state index in [1.54, 1.807) is 0 Å². The Morgan fingerprint density at radius 2 is 1.43 bits per heavy atom. The lowest BCUT2D eigenvalue weighted by Crippen LogP contribution is -2.30. The average Bonchev–Trinajstić information content (AvgIpc) is 2.71. The van der Waals surface area contributed by atoms with Gasteiger partial charge in [-0.25, -0.2) is 4.79 Å². The molecule has 158 valence electrons. The summed E-state index contributed by atoms with van der Waals surface area (Å²) >= 11 is 0. The molecule has 0 saturated heterocycles. The number of esters is 2. The number of aliphatic hydroxyl groups excluding tert-OH is 1. The summed E-state index contributed by atoms with van der Waals surface area (Å²) in [5.41, 5.74) is 0. The third-order valence-corrected chi connectivity index (χ3v) is 6.08. The molecule has 28 heavy (non-hydrogen) atoms. The molecule has 2 fully saturated rings. The van der Waals surface area contributed by atoms with Crippen molar-refractivity contribution in [3.05, 3.63) is 12.3 Å². The molecule has 0 aromatic rings. The molecular weight excluding hydrogens is 364 g/mol. The molecule has 7 heteroatoms. The molecule has 0 aliphatic heterocycles. The van der Waals surface area contributed by atoms with Crippen LogP contribution in [0.4, 0.5) is 0 Å². The molecule has 0 aromatic heterocycles. The summed E-state index contributed by atoms with van der Waals surface area (Å²) in [7, 11) is 0. The number of carbonyl (C=O) groups excluding carboxylic acids is 2. The Morgan fingerprint density at radius 1 is 0.857 bits per heavy atom. The zero-order valence-corrected chi connectivity index (χ0v) is 16.4. The minimum Gasteiger partial charge on any atom is -0.481 e. The number of aliphatic hydroxyl groups is 1. The molecule has 0 atom stereocenters. The van der Waals surface area contributed by atoms with Gasteiger partial charge in [-0.2, -0.15) is 0 Å². The molecule has 0 unspecified atom stereocenters. The van der Waals surface area contributed by atoms with Gasteiger partial charge in [-0.1, -0.05) is 0 Å². The first-order chi connectivity index (χ1) is 13.5. The average molecular weight is 396 g/mol. The summed E-state index contributed by atoms with van der Waals surface area (Å²) in [4.78, 5) is 34.7. The van der Waals surface area contributed by atoms with E-state index in [0.29, 0.717) is 24.7 Å². The second-order valence-corrected chi connectivity index (χ2v) is 7.90. The summed E-state index contributed by atoms with van der Waals surface area (Å²) in [5.74, 6) is -0.723. The smallest absolute Gasteiger partial charge is 0.333 e. The number of ether oxygens (including phenoxy) is 2. The van der Waals surface area contributed by atoms with E-state index in [9.17, 15) is 14.4 Å². The standard InChI is InChI=1S/C21H32O7/c22-12-1-2-13-27-19(23)11-14-28-21(26)18-9-5-16(6-10-18)15-3-7-17(8-4-15)20(24)25/h11,14-18,22H,1-10,12-13H2,(H,24,25)/b14-11-. The SMILES string of the molecule is O=C(/C=C\OC(=O)C1CCC(C2CCC(C(=O)O)CC2)CC1)OCCCCO. The van der Waals surface area contributed by atoms with Crippen molar-refractivity contribution in [2.75, 3.05) is 13.2 Å². The summed E-state index contributed by atoms with van der Waals surface area (Å²) in [6, 6.07) is 0. The maximum Gasteiger partial charge on any atom is 0.333 e. The van der Waals surface area contributed by atoms with Gasteiger partial charge in [0, 0.05) is 6.61 Å². The van der Waals surface area contributed by atoms with E-state index in [1.807, 2.05) is 0 Å². The summed E-state index contributed by atoms with van der Waals surface area (Å²) in [6.45, 7) is 0.299. The molecule has 0 aromatic carbocycles. The largest absolute Gasteiger partial charge is 0.481 e. The van der Waals surface area contributed by atoms with Crippen molar-refractivity contribution in [1.82, 2.24) is 0 Å². The van der Waals surface area contributed by atoms with E-state index >= 15 is 0 Å². The van der Waals surface area contributed by atoms with Gasteiger partial charge in [0.25, 0.3) is 0 Å². The van der Waals surface area contributed by atoms with Crippen LogP contribution in [0.15, 0.2) is 12.3 Å². The highest BCUT2D eigenvalue weighted by Gasteiger charge is 2.34. The van der Waals surface area contributed by atoms with E-state index in [-0.39, 0.29) is 31.0 Å². The highest BCUT2D eigenvalue weighted by Crippen LogP contribution is 2.41. The Hall–Kier alpha value is -1.89. The summed E-state index contributed by atoms with van der Waals surface area (Å²) in [6.07, 6.45) is 10.3. The van der Waals surface area contributed by atoms with Crippen molar-refractivity contribution in [3.63, 3.8) is 0 Å². The monoisotopic (exact) mass is 396 g/mol. The number of aliphatic carboxylic acids is 1. The van der Waals surface area contributed by atoms with Gasteiger partial charge in [0.2, 0.25) is 0 Å².